The second kappa shape index (κ2) is 8.36. The molecule has 1 aromatic rings. The van der Waals surface area contributed by atoms with Crippen molar-refractivity contribution >= 4 is 33.0 Å². The number of halogens is 1. The molecule has 0 saturated carbocycles. The second-order valence-electron chi connectivity index (χ2n) is 5.00. The van der Waals surface area contributed by atoms with Gasteiger partial charge in [-0.05, 0) is 24.6 Å². The Morgan fingerprint density at radius 1 is 1.45 bits per heavy atom. The highest BCUT2D eigenvalue weighted by atomic mass is 35.5. The van der Waals surface area contributed by atoms with E-state index in [1.54, 1.807) is 12.1 Å². The van der Waals surface area contributed by atoms with E-state index in [2.05, 4.69) is 5.32 Å². The third kappa shape index (κ3) is 6.64. The van der Waals surface area contributed by atoms with Crippen LogP contribution in [0, 0.1) is 0 Å². The Hall–Kier alpha value is -1.31. The molecule has 0 aliphatic rings. The van der Waals surface area contributed by atoms with Crippen LogP contribution in [0.15, 0.2) is 18.2 Å². The molecule has 1 atom stereocenters. The molecule has 0 aromatic heterocycles. The normalized spacial score (nSPS) is 12.7. The molecule has 22 heavy (non-hydrogen) atoms. The lowest BCUT2D eigenvalue weighted by atomic mass is 10.1. The van der Waals surface area contributed by atoms with Crippen LogP contribution >= 0.6 is 11.6 Å². The summed E-state index contributed by atoms with van der Waals surface area (Å²) in [4.78, 5) is 12.0. The van der Waals surface area contributed by atoms with E-state index in [0.717, 1.165) is 12.7 Å². The maximum absolute atomic E-state index is 12.0. The van der Waals surface area contributed by atoms with Crippen LogP contribution in [0.4, 0.5) is 5.69 Å². The van der Waals surface area contributed by atoms with Crippen LogP contribution in [0.2, 0.25) is 5.02 Å². The molecule has 1 aromatic carbocycles. The molecule has 6 nitrogen and oxygen atoms in total. The largest absolute Gasteiger partial charge is 0.490 e. The van der Waals surface area contributed by atoms with Gasteiger partial charge in [0, 0.05) is 11.3 Å². The Morgan fingerprint density at radius 3 is 2.73 bits per heavy atom. The van der Waals surface area contributed by atoms with Gasteiger partial charge >= 0.3 is 0 Å². The number of nitrogens with one attached hydrogen (secondary N) is 1. The zero-order chi connectivity index (χ0) is 16.8. The highest BCUT2D eigenvalue weighted by Crippen LogP contribution is 2.28. The van der Waals surface area contributed by atoms with Crippen molar-refractivity contribution in [2.75, 3.05) is 23.9 Å². The molecule has 0 radical (unpaired) electrons. The van der Waals surface area contributed by atoms with Gasteiger partial charge in [0.25, 0.3) is 0 Å². The highest BCUT2D eigenvalue weighted by Gasteiger charge is 2.15. The van der Waals surface area contributed by atoms with E-state index in [-0.39, 0.29) is 18.3 Å². The molecule has 0 bridgehead atoms. The molecule has 124 valence electrons. The third-order valence-electron chi connectivity index (χ3n) is 2.85. The first-order chi connectivity index (χ1) is 10.2. The van der Waals surface area contributed by atoms with Crippen LogP contribution in [0.1, 0.15) is 19.8 Å². The number of benzene rings is 1. The fourth-order valence-electron chi connectivity index (χ4n) is 1.70. The van der Waals surface area contributed by atoms with Gasteiger partial charge in [-0.3, -0.25) is 4.79 Å². The topological polar surface area (TPSA) is 98.5 Å². The van der Waals surface area contributed by atoms with Crippen molar-refractivity contribution in [1.29, 1.82) is 0 Å². The summed E-state index contributed by atoms with van der Waals surface area (Å²) in [6.45, 7) is 1.93. The average Bonchev–Trinajstić information content (AvgIpc) is 2.40. The molecule has 8 heteroatoms. The van der Waals surface area contributed by atoms with Gasteiger partial charge in [-0.15, -0.1) is 0 Å². The number of sulfone groups is 1. The average molecular weight is 349 g/mol. The Labute approximate surface area is 135 Å². The van der Waals surface area contributed by atoms with Crippen molar-refractivity contribution in [3.63, 3.8) is 0 Å². The number of amides is 1. The Kier molecular flexibility index (Phi) is 7.12. The SMILES string of the molecule is CCCC(N)C(=O)Nc1cc(Cl)ccc1OCCS(C)(=O)=O. The predicted molar refractivity (Wildman–Crippen MR) is 88.2 cm³/mol. The van der Waals surface area contributed by atoms with Crippen molar-refractivity contribution in [3.8, 4) is 5.75 Å². The zero-order valence-corrected chi connectivity index (χ0v) is 14.2. The number of hydrogen-bond donors (Lipinski definition) is 2. The number of carbonyl (C=O) groups excluding carboxylic acids is 1. The number of ether oxygens (including phenoxy) is 1. The second-order valence-corrected chi connectivity index (χ2v) is 7.70. The molecule has 0 aliphatic carbocycles. The van der Waals surface area contributed by atoms with Gasteiger partial charge in [0.05, 0.1) is 17.5 Å². The van der Waals surface area contributed by atoms with Gasteiger partial charge in [-0.25, -0.2) is 8.42 Å². The fourth-order valence-corrected chi connectivity index (χ4v) is 2.25. The van der Waals surface area contributed by atoms with Crippen LogP contribution in [0.5, 0.6) is 5.75 Å². The van der Waals surface area contributed by atoms with Crippen molar-refractivity contribution in [2.24, 2.45) is 5.73 Å². The summed E-state index contributed by atoms with van der Waals surface area (Å²) in [5, 5.41) is 3.09. The lowest BCUT2D eigenvalue weighted by Crippen LogP contribution is -2.35. The molecule has 1 amide bonds. The predicted octanol–water partition coefficient (Wildman–Crippen LogP) is 1.83. The van der Waals surface area contributed by atoms with Crippen LogP contribution in [0.25, 0.3) is 0 Å². The Bertz CT molecular complexity index is 619. The first-order valence-electron chi connectivity index (χ1n) is 6.89. The molecule has 0 spiro atoms. The standard InChI is InChI=1S/C14H21ClN2O4S/c1-3-4-11(16)14(18)17-12-9-10(15)5-6-13(12)21-7-8-22(2,19)20/h5-6,9,11H,3-4,7-8,16H2,1-2H3,(H,17,18). The van der Waals surface area contributed by atoms with Crippen LogP contribution < -0.4 is 15.8 Å². The molecular weight excluding hydrogens is 328 g/mol. The van der Waals surface area contributed by atoms with Gasteiger partial charge in [0.15, 0.2) is 9.84 Å². The van der Waals surface area contributed by atoms with E-state index in [1.165, 1.54) is 6.07 Å². The van der Waals surface area contributed by atoms with E-state index >= 15 is 0 Å². The minimum atomic E-state index is -3.12. The van der Waals surface area contributed by atoms with Crippen LogP contribution in [-0.2, 0) is 14.6 Å². The van der Waals surface area contributed by atoms with Gasteiger partial charge in [-0.2, -0.15) is 0 Å². The van der Waals surface area contributed by atoms with Crippen molar-refractivity contribution in [1.82, 2.24) is 0 Å². The number of anilines is 1. The fraction of sp³-hybridized carbons (Fsp3) is 0.500. The van der Waals surface area contributed by atoms with Crippen molar-refractivity contribution in [3.05, 3.63) is 23.2 Å². The Balaban J connectivity index is 2.80. The number of rotatable bonds is 8. The molecule has 0 saturated heterocycles. The smallest absolute Gasteiger partial charge is 0.241 e. The summed E-state index contributed by atoms with van der Waals surface area (Å²) in [5.41, 5.74) is 6.13. The lowest BCUT2D eigenvalue weighted by Gasteiger charge is -2.15. The maximum Gasteiger partial charge on any atom is 0.241 e. The first kappa shape index (κ1) is 18.7. The van der Waals surface area contributed by atoms with Gasteiger partial charge < -0.3 is 15.8 Å². The van der Waals surface area contributed by atoms with Crippen molar-refractivity contribution < 1.29 is 17.9 Å². The zero-order valence-electron chi connectivity index (χ0n) is 12.6. The minimum Gasteiger partial charge on any atom is -0.490 e. The summed E-state index contributed by atoms with van der Waals surface area (Å²) in [6.07, 6.45) is 2.49. The minimum absolute atomic E-state index is 0.00957. The number of nitrogens with two attached hydrogens (primary N) is 1. The van der Waals surface area contributed by atoms with E-state index in [9.17, 15) is 13.2 Å². The van der Waals surface area contributed by atoms with E-state index in [4.69, 9.17) is 22.1 Å². The quantitative estimate of drug-likeness (QED) is 0.746. The highest BCUT2D eigenvalue weighted by molar-refractivity contribution is 7.90. The first-order valence-corrected chi connectivity index (χ1v) is 9.33. The lowest BCUT2D eigenvalue weighted by molar-refractivity contribution is -0.117. The number of hydrogen-bond acceptors (Lipinski definition) is 5. The molecular formula is C14H21ClN2O4S. The Morgan fingerprint density at radius 2 is 2.14 bits per heavy atom. The summed E-state index contributed by atoms with van der Waals surface area (Å²) in [5.74, 6) is -0.0968. The monoisotopic (exact) mass is 348 g/mol. The van der Waals surface area contributed by atoms with E-state index < -0.39 is 15.9 Å². The summed E-state index contributed by atoms with van der Waals surface area (Å²) in [6, 6.07) is 4.09. The summed E-state index contributed by atoms with van der Waals surface area (Å²) < 4.78 is 27.6. The molecule has 0 aliphatic heterocycles. The van der Waals surface area contributed by atoms with Crippen LogP contribution in [0.3, 0.4) is 0 Å². The summed E-state index contributed by atoms with van der Waals surface area (Å²) >= 11 is 5.91. The molecule has 0 heterocycles. The molecule has 1 unspecified atom stereocenters. The van der Waals surface area contributed by atoms with Crippen molar-refractivity contribution in [2.45, 2.75) is 25.8 Å². The molecule has 3 N–H and O–H groups in total. The molecule has 1 rings (SSSR count). The summed E-state index contributed by atoms with van der Waals surface area (Å²) in [7, 11) is -3.12. The van der Waals surface area contributed by atoms with Crippen LogP contribution in [-0.4, -0.2) is 39.0 Å². The third-order valence-corrected chi connectivity index (χ3v) is 3.99. The van der Waals surface area contributed by atoms with Gasteiger partial charge in [0.2, 0.25) is 5.91 Å². The van der Waals surface area contributed by atoms with Gasteiger partial charge in [0.1, 0.15) is 12.4 Å². The number of carbonyl (C=O) groups is 1. The van der Waals surface area contributed by atoms with E-state index in [0.29, 0.717) is 22.9 Å². The van der Waals surface area contributed by atoms with Gasteiger partial charge in [-0.1, -0.05) is 24.9 Å². The maximum atomic E-state index is 12.0. The molecule has 0 fully saturated rings. The van der Waals surface area contributed by atoms with E-state index in [1.807, 2.05) is 6.92 Å².